The number of carbonyl (C=O) groups excluding carboxylic acids is 1. The second-order valence-corrected chi connectivity index (χ2v) is 8.37. The highest BCUT2D eigenvalue weighted by atomic mass is 32.1. The zero-order valence-electron chi connectivity index (χ0n) is 18.0. The van der Waals surface area contributed by atoms with Crippen LogP contribution in [-0.4, -0.2) is 10.4 Å². The lowest BCUT2D eigenvalue weighted by Gasteiger charge is -2.22. The average molecular weight is 468 g/mol. The van der Waals surface area contributed by atoms with Crippen molar-refractivity contribution >= 4 is 28.9 Å². The summed E-state index contributed by atoms with van der Waals surface area (Å²) in [5.74, 6) is -2.24. The summed E-state index contributed by atoms with van der Waals surface area (Å²) in [5.41, 5.74) is 3.50. The Balaban J connectivity index is 1.93. The van der Waals surface area contributed by atoms with E-state index in [9.17, 15) is 13.6 Å². The number of ketones is 1. The van der Waals surface area contributed by atoms with Gasteiger partial charge < -0.3 is 4.57 Å². The molecular weight excluding hydrogens is 448 g/mol. The van der Waals surface area contributed by atoms with E-state index in [-0.39, 0.29) is 10.3 Å². The van der Waals surface area contributed by atoms with Gasteiger partial charge in [-0.05, 0) is 23.8 Å². The van der Waals surface area contributed by atoms with E-state index in [1.807, 2.05) is 71.3 Å². The first-order valence-electron chi connectivity index (χ1n) is 10.8. The SMILES string of the molecule is O=C(c1ccccc1)c1c(Cc2ccccc2)n(-c2ccccc2)c2cc(F)c(F)cc2c1=S. The van der Waals surface area contributed by atoms with Gasteiger partial charge in [-0.25, -0.2) is 8.78 Å². The summed E-state index contributed by atoms with van der Waals surface area (Å²) in [6.07, 6.45) is 0.377. The number of halogens is 2. The fourth-order valence-electron chi connectivity index (χ4n) is 4.22. The van der Waals surface area contributed by atoms with Gasteiger partial charge in [0.05, 0.1) is 15.6 Å². The molecule has 5 heteroatoms. The van der Waals surface area contributed by atoms with Crippen molar-refractivity contribution in [2.75, 3.05) is 0 Å². The van der Waals surface area contributed by atoms with E-state index in [0.717, 1.165) is 23.4 Å². The molecule has 0 saturated heterocycles. The van der Waals surface area contributed by atoms with Crippen molar-refractivity contribution in [3.05, 3.63) is 142 Å². The fraction of sp³-hybridized carbons (Fsp3) is 0.0345. The summed E-state index contributed by atoms with van der Waals surface area (Å²) >= 11 is 5.76. The number of pyridine rings is 1. The highest BCUT2D eigenvalue weighted by Crippen LogP contribution is 2.31. The number of carbonyl (C=O) groups is 1. The van der Waals surface area contributed by atoms with Gasteiger partial charge in [0, 0.05) is 34.8 Å². The molecule has 2 nitrogen and oxygen atoms in total. The van der Waals surface area contributed by atoms with Crippen LogP contribution in [0.15, 0.2) is 103 Å². The van der Waals surface area contributed by atoms with Crippen molar-refractivity contribution < 1.29 is 13.6 Å². The van der Waals surface area contributed by atoms with Gasteiger partial charge >= 0.3 is 0 Å². The molecule has 0 aliphatic heterocycles. The Hall–Kier alpha value is -3.96. The van der Waals surface area contributed by atoms with Crippen molar-refractivity contribution in [3.63, 3.8) is 0 Å². The second-order valence-electron chi connectivity index (χ2n) is 7.96. The van der Waals surface area contributed by atoms with Crippen LogP contribution in [0.3, 0.4) is 0 Å². The first-order valence-corrected chi connectivity index (χ1v) is 11.2. The van der Waals surface area contributed by atoms with Crippen LogP contribution in [0.5, 0.6) is 0 Å². The fourth-order valence-corrected chi connectivity index (χ4v) is 4.60. The lowest BCUT2D eigenvalue weighted by Crippen LogP contribution is -2.16. The second kappa shape index (κ2) is 9.12. The summed E-state index contributed by atoms with van der Waals surface area (Å²) in [5, 5.41) is 0.314. The molecule has 0 aliphatic carbocycles. The average Bonchev–Trinajstić information content (AvgIpc) is 2.87. The van der Waals surface area contributed by atoms with Crippen LogP contribution in [0.1, 0.15) is 27.2 Å². The molecule has 166 valence electrons. The third-order valence-electron chi connectivity index (χ3n) is 5.80. The van der Waals surface area contributed by atoms with E-state index in [1.165, 1.54) is 0 Å². The van der Waals surface area contributed by atoms with Crippen molar-refractivity contribution in [1.29, 1.82) is 0 Å². The van der Waals surface area contributed by atoms with Gasteiger partial charge in [0.2, 0.25) is 0 Å². The number of benzene rings is 4. The quantitative estimate of drug-likeness (QED) is 0.198. The summed E-state index contributed by atoms with van der Waals surface area (Å²) < 4.78 is 30.8. The molecule has 1 heterocycles. The van der Waals surface area contributed by atoms with Gasteiger partial charge in [0.15, 0.2) is 17.4 Å². The lowest BCUT2D eigenvalue weighted by atomic mass is 9.95. The van der Waals surface area contributed by atoms with Crippen LogP contribution < -0.4 is 0 Å². The first kappa shape index (κ1) is 21.9. The smallest absolute Gasteiger partial charge is 0.196 e. The van der Waals surface area contributed by atoms with E-state index in [2.05, 4.69) is 0 Å². The minimum atomic E-state index is -1.01. The van der Waals surface area contributed by atoms with Crippen LogP contribution in [0, 0.1) is 16.1 Å². The predicted octanol–water partition coefficient (Wildman–Crippen LogP) is 7.46. The molecule has 0 atom stereocenters. The van der Waals surface area contributed by atoms with E-state index in [0.29, 0.717) is 34.1 Å². The maximum atomic E-state index is 14.5. The van der Waals surface area contributed by atoms with Crippen molar-refractivity contribution in [1.82, 2.24) is 4.57 Å². The Morgan fingerprint density at radius 2 is 1.32 bits per heavy atom. The Morgan fingerprint density at radius 1 is 0.765 bits per heavy atom. The van der Waals surface area contributed by atoms with Crippen LogP contribution in [0.25, 0.3) is 16.6 Å². The molecule has 0 spiro atoms. The van der Waals surface area contributed by atoms with Crippen LogP contribution in [-0.2, 0) is 6.42 Å². The normalized spacial score (nSPS) is 11.0. The van der Waals surface area contributed by atoms with Gasteiger partial charge in [-0.1, -0.05) is 91.1 Å². The minimum absolute atomic E-state index is 0.209. The minimum Gasteiger partial charge on any atom is -0.312 e. The molecule has 34 heavy (non-hydrogen) atoms. The van der Waals surface area contributed by atoms with E-state index >= 15 is 0 Å². The largest absolute Gasteiger partial charge is 0.312 e. The van der Waals surface area contributed by atoms with Gasteiger partial charge in [-0.3, -0.25) is 4.79 Å². The Morgan fingerprint density at radius 3 is 1.97 bits per heavy atom. The lowest BCUT2D eigenvalue weighted by molar-refractivity contribution is 0.103. The van der Waals surface area contributed by atoms with Crippen LogP contribution in [0.2, 0.25) is 0 Å². The monoisotopic (exact) mass is 467 g/mol. The highest BCUT2D eigenvalue weighted by molar-refractivity contribution is 7.71. The maximum Gasteiger partial charge on any atom is 0.196 e. The standard InChI is InChI=1S/C29H19F2NOS/c30-23-17-22-25(18-24(23)31)32(21-14-8-3-9-15-21)26(16-19-10-4-1-5-11-19)27(29(22)34)28(33)20-12-6-2-7-13-20/h1-15,17-18H,16H2. The number of para-hydroxylation sites is 1. The molecule has 0 saturated carbocycles. The number of fused-ring (bicyclic) bond motifs is 1. The van der Waals surface area contributed by atoms with Crippen molar-refractivity contribution in [3.8, 4) is 5.69 Å². The molecule has 1 aromatic heterocycles. The van der Waals surface area contributed by atoms with Gasteiger partial charge in [-0.2, -0.15) is 0 Å². The van der Waals surface area contributed by atoms with Gasteiger partial charge in [0.1, 0.15) is 0 Å². The zero-order chi connectivity index (χ0) is 23.7. The number of hydrogen-bond acceptors (Lipinski definition) is 2. The molecule has 0 fully saturated rings. The number of aromatic nitrogens is 1. The summed E-state index contributed by atoms with van der Waals surface area (Å²) in [4.78, 5) is 13.8. The molecule has 0 unspecified atom stereocenters. The maximum absolute atomic E-state index is 14.5. The topological polar surface area (TPSA) is 22.0 Å². The Bertz CT molecular complexity index is 1560. The molecule has 0 radical (unpaired) electrons. The van der Waals surface area contributed by atoms with Gasteiger partial charge in [-0.15, -0.1) is 0 Å². The van der Waals surface area contributed by atoms with E-state index in [1.54, 1.807) is 24.3 Å². The molecule has 5 aromatic rings. The zero-order valence-corrected chi connectivity index (χ0v) is 18.9. The Kier molecular flexibility index (Phi) is 5.86. The Labute approximate surface area is 200 Å². The first-order chi connectivity index (χ1) is 16.5. The molecular formula is C29H19F2NOS. The van der Waals surface area contributed by atoms with E-state index in [4.69, 9.17) is 12.2 Å². The molecule has 0 aliphatic rings. The summed E-state index contributed by atoms with van der Waals surface area (Å²) in [6.45, 7) is 0. The molecule has 0 amide bonds. The molecule has 0 bridgehead atoms. The number of hydrogen-bond donors (Lipinski definition) is 0. The van der Waals surface area contributed by atoms with Crippen LogP contribution >= 0.6 is 12.2 Å². The molecule has 0 N–H and O–H groups in total. The summed E-state index contributed by atoms with van der Waals surface area (Å²) in [6, 6.07) is 30.1. The third kappa shape index (κ3) is 3.95. The summed E-state index contributed by atoms with van der Waals surface area (Å²) in [7, 11) is 0. The third-order valence-corrected chi connectivity index (χ3v) is 6.23. The number of rotatable bonds is 5. The molecule has 5 rings (SSSR count). The van der Waals surface area contributed by atoms with Crippen molar-refractivity contribution in [2.45, 2.75) is 6.42 Å². The molecule has 4 aromatic carbocycles. The van der Waals surface area contributed by atoms with E-state index < -0.39 is 11.6 Å². The predicted molar refractivity (Wildman–Crippen MR) is 133 cm³/mol. The van der Waals surface area contributed by atoms with Gasteiger partial charge in [0.25, 0.3) is 0 Å². The number of nitrogens with zero attached hydrogens (tertiary/aromatic N) is 1. The van der Waals surface area contributed by atoms with Crippen molar-refractivity contribution in [2.24, 2.45) is 0 Å². The highest BCUT2D eigenvalue weighted by Gasteiger charge is 2.23. The van der Waals surface area contributed by atoms with Crippen LogP contribution in [0.4, 0.5) is 8.78 Å².